The van der Waals surface area contributed by atoms with Gasteiger partial charge in [-0.2, -0.15) is 0 Å². The molecule has 1 aromatic carbocycles. The number of amides is 2. The van der Waals surface area contributed by atoms with Crippen molar-refractivity contribution in [2.75, 3.05) is 25.5 Å². The van der Waals surface area contributed by atoms with E-state index in [0.717, 1.165) is 31.0 Å². The average Bonchev–Trinajstić information content (AvgIpc) is 3.59. The molecule has 0 radical (unpaired) electrons. The maximum absolute atomic E-state index is 13.4. The van der Waals surface area contributed by atoms with Crippen LogP contribution in [0.3, 0.4) is 0 Å². The van der Waals surface area contributed by atoms with Crippen LogP contribution in [0.2, 0.25) is 0 Å². The molecule has 2 aliphatic rings. The van der Waals surface area contributed by atoms with Crippen LogP contribution in [-0.4, -0.2) is 65.1 Å². The molecular weight excluding hydrogens is 440 g/mol. The average molecular weight is 468 g/mol. The first-order valence-electron chi connectivity index (χ1n) is 10.1. The van der Waals surface area contributed by atoms with Gasteiger partial charge in [0.25, 0.3) is 0 Å². The van der Waals surface area contributed by atoms with E-state index in [4.69, 9.17) is 0 Å². The molecule has 2 heterocycles. The largest absolute Gasteiger partial charge is 0.325 e. The maximum atomic E-state index is 13.4. The lowest BCUT2D eigenvalue weighted by molar-refractivity contribution is 0.174. The van der Waals surface area contributed by atoms with Gasteiger partial charge in [-0.25, -0.2) is 36.3 Å². The highest BCUT2D eigenvalue weighted by atomic mass is 32.2. The number of hydrogen-bond donors (Lipinski definition) is 1. The van der Waals surface area contributed by atoms with Gasteiger partial charge in [0.1, 0.15) is 11.6 Å². The van der Waals surface area contributed by atoms with Crippen molar-refractivity contribution in [1.82, 2.24) is 19.2 Å². The zero-order chi connectivity index (χ0) is 22.2. The van der Waals surface area contributed by atoms with Crippen LogP contribution in [0.4, 0.5) is 19.3 Å². The van der Waals surface area contributed by atoms with Crippen molar-refractivity contribution in [3.63, 3.8) is 0 Å². The molecule has 8 nitrogen and oxygen atoms in total. The Bertz CT molecular complexity index is 1050. The topological polar surface area (TPSA) is 95.5 Å². The lowest BCUT2D eigenvalue weighted by Crippen LogP contribution is -2.48. The maximum Gasteiger partial charge on any atom is 0.321 e. The van der Waals surface area contributed by atoms with E-state index in [1.807, 2.05) is 0 Å². The predicted octanol–water partition coefficient (Wildman–Crippen LogP) is 3.48. The molecule has 1 saturated heterocycles. The molecule has 0 atom stereocenters. The van der Waals surface area contributed by atoms with Gasteiger partial charge in [0.05, 0.1) is 23.3 Å². The standard InChI is InChI=1S/C20H23F2N5O3S.CH4/c1-26(17-4-6-27(7-5-17)31(29,30)18-2-3-18)20(28)25-16-11-23-19(24-12-16)13-8-14(21)10-15(22)9-13;/h8-12,17-18H,2-7H2,1H3,(H,25,28);1H4. The number of carbonyl (C=O) groups excluding carboxylic acids is 1. The molecule has 32 heavy (non-hydrogen) atoms. The minimum absolute atomic E-state index is 0. The van der Waals surface area contributed by atoms with Gasteiger partial charge in [-0.15, -0.1) is 0 Å². The molecule has 1 aliphatic heterocycles. The van der Waals surface area contributed by atoms with E-state index in [-0.39, 0.29) is 36.1 Å². The Hall–Kier alpha value is -2.66. The molecule has 0 spiro atoms. The summed E-state index contributed by atoms with van der Waals surface area (Å²) >= 11 is 0. The Labute approximate surface area is 186 Å². The highest BCUT2D eigenvalue weighted by Gasteiger charge is 2.41. The van der Waals surface area contributed by atoms with Crippen molar-refractivity contribution in [3.05, 3.63) is 42.2 Å². The van der Waals surface area contributed by atoms with E-state index in [9.17, 15) is 22.0 Å². The summed E-state index contributed by atoms with van der Waals surface area (Å²) in [5.41, 5.74) is 0.534. The van der Waals surface area contributed by atoms with Crippen LogP contribution >= 0.6 is 0 Å². The summed E-state index contributed by atoms with van der Waals surface area (Å²) in [5, 5.41) is 2.47. The van der Waals surface area contributed by atoms with Gasteiger partial charge in [-0.05, 0) is 37.8 Å². The number of hydrogen-bond acceptors (Lipinski definition) is 5. The monoisotopic (exact) mass is 467 g/mol. The van der Waals surface area contributed by atoms with Crippen molar-refractivity contribution in [1.29, 1.82) is 0 Å². The summed E-state index contributed by atoms with van der Waals surface area (Å²) in [4.78, 5) is 22.3. The van der Waals surface area contributed by atoms with E-state index in [2.05, 4.69) is 15.3 Å². The number of aromatic nitrogens is 2. The molecule has 11 heteroatoms. The lowest BCUT2D eigenvalue weighted by Gasteiger charge is -2.36. The molecule has 0 unspecified atom stereocenters. The van der Waals surface area contributed by atoms with Crippen LogP contribution < -0.4 is 5.32 Å². The second-order valence-corrected chi connectivity index (χ2v) is 10.1. The van der Waals surface area contributed by atoms with Gasteiger partial charge >= 0.3 is 6.03 Å². The lowest BCUT2D eigenvalue weighted by atomic mass is 10.1. The first-order valence-corrected chi connectivity index (χ1v) is 11.6. The molecule has 2 amide bonds. The smallest absolute Gasteiger partial charge is 0.321 e. The molecule has 1 aliphatic carbocycles. The van der Waals surface area contributed by atoms with E-state index >= 15 is 0 Å². The molecule has 1 aromatic heterocycles. The van der Waals surface area contributed by atoms with Crippen LogP contribution in [-0.2, 0) is 10.0 Å². The summed E-state index contributed by atoms with van der Waals surface area (Å²) < 4.78 is 53.0. The number of anilines is 1. The summed E-state index contributed by atoms with van der Waals surface area (Å²) in [6, 6.07) is 2.57. The Morgan fingerprint density at radius 2 is 1.62 bits per heavy atom. The number of nitrogens with one attached hydrogen (secondary N) is 1. The van der Waals surface area contributed by atoms with Crippen molar-refractivity contribution < 1.29 is 22.0 Å². The van der Waals surface area contributed by atoms with Crippen LogP contribution in [0.1, 0.15) is 33.1 Å². The number of urea groups is 1. The third-order valence-corrected chi connectivity index (χ3v) is 8.02. The summed E-state index contributed by atoms with van der Waals surface area (Å²) in [6.07, 6.45) is 5.33. The zero-order valence-electron chi connectivity index (χ0n) is 17.0. The van der Waals surface area contributed by atoms with Gasteiger partial charge in [-0.3, -0.25) is 0 Å². The third-order valence-electron chi connectivity index (χ3n) is 5.62. The number of nitrogens with zero attached hydrogens (tertiary/aromatic N) is 4. The second-order valence-electron chi connectivity index (χ2n) is 7.87. The molecular formula is C21H27F2N5O3S. The summed E-state index contributed by atoms with van der Waals surface area (Å²) in [6.45, 7) is 0.812. The Morgan fingerprint density at radius 1 is 1.06 bits per heavy atom. The van der Waals surface area contributed by atoms with Gasteiger partial charge in [0, 0.05) is 37.8 Å². The minimum atomic E-state index is -3.19. The highest BCUT2D eigenvalue weighted by Crippen LogP contribution is 2.32. The minimum Gasteiger partial charge on any atom is -0.325 e. The molecule has 0 bridgehead atoms. The predicted molar refractivity (Wildman–Crippen MR) is 117 cm³/mol. The highest BCUT2D eigenvalue weighted by molar-refractivity contribution is 7.90. The molecule has 1 N–H and O–H groups in total. The molecule has 174 valence electrons. The number of halogens is 2. The van der Waals surface area contributed by atoms with Crippen LogP contribution in [0.25, 0.3) is 11.4 Å². The Morgan fingerprint density at radius 3 is 2.16 bits per heavy atom. The zero-order valence-corrected chi connectivity index (χ0v) is 17.8. The van der Waals surface area contributed by atoms with E-state index in [0.29, 0.717) is 31.6 Å². The van der Waals surface area contributed by atoms with Crippen molar-refractivity contribution in [2.24, 2.45) is 0 Å². The number of benzene rings is 1. The van der Waals surface area contributed by atoms with Gasteiger partial charge in [-0.1, -0.05) is 7.43 Å². The molecule has 2 fully saturated rings. The Balaban J connectivity index is 0.00000289. The van der Waals surface area contributed by atoms with Crippen LogP contribution in [0.15, 0.2) is 30.6 Å². The molecule has 4 rings (SSSR count). The van der Waals surface area contributed by atoms with Crippen LogP contribution in [0.5, 0.6) is 0 Å². The first-order chi connectivity index (χ1) is 14.7. The van der Waals surface area contributed by atoms with Gasteiger partial charge < -0.3 is 10.2 Å². The van der Waals surface area contributed by atoms with Crippen molar-refractivity contribution in [3.8, 4) is 11.4 Å². The number of sulfonamides is 1. The van der Waals surface area contributed by atoms with Gasteiger partial charge in [0.2, 0.25) is 10.0 Å². The number of carbonyl (C=O) groups is 1. The molecule has 2 aromatic rings. The SMILES string of the molecule is C.CN(C(=O)Nc1cnc(-c2cc(F)cc(F)c2)nc1)C1CCN(S(=O)(=O)C2CC2)CC1. The van der Waals surface area contributed by atoms with Crippen LogP contribution in [0, 0.1) is 11.6 Å². The first kappa shape index (κ1) is 24.0. The van der Waals surface area contributed by atoms with Crippen molar-refractivity contribution >= 4 is 21.7 Å². The fraction of sp³-hybridized carbons (Fsp3) is 0.476. The normalized spacial score (nSPS) is 17.5. The van der Waals surface area contributed by atoms with E-state index in [1.54, 1.807) is 11.9 Å². The van der Waals surface area contributed by atoms with Gasteiger partial charge in [0.15, 0.2) is 5.82 Å². The number of piperidine rings is 1. The Kier molecular flexibility index (Phi) is 7.09. The quantitative estimate of drug-likeness (QED) is 0.727. The summed E-state index contributed by atoms with van der Waals surface area (Å²) in [5.74, 6) is -1.32. The van der Waals surface area contributed by atoms with Crippen molar-refractivity contribution in [2.45, 2.75) is 44.4 Å². The fourth-order valence-corrected chi connectivity index (χ4v) is 5.54. The van der Waals surface area contributed by atoms with E-state index < -0.39 is 21.7 Å². The number of rotatable bonds is 5. The molecule has 1 saturated carbocycles. The second kappa shape index (κ2) is 9.45. The van der Waals surface area contributed by atoms with E-state index in [1.165, 1.54) is 16.7 Å². The fourth-order valence-electron chi connectivity index (χ4n) is 3.66. The third kappa shape index (κ3) is 5.21. The summed E-state index contributed by atoms with van der Waals surface area (Å²) in [7, 11) is -1.53.